The molecule has 0 spiro atoms. The highest BCUT2D eigenvalue weighted by Crippen LogP contribution is 2.26. The van der Waals surface area contributed by atoms with Crippen LogP contribution in [-0.4, -0.2) is 83.0 Å². The van der Waals surface area contributed by atoms with Gasteiger partial charge in [0.25, 0.3) is 0 Å². The Labute approximate surface area is 228 Å². The van der Waals surface area contributed by atoms with Crippen molar-refractivity contribution >= 4 is 23.7 Å². The molecule has 2 saturated heterocycles. The summed E-state index contributed by atoms with van der Waals surface area (Å²) < 4.78 is 4.89. The van der Waals surface area contributed by atoms with Gasteiger partial charge in [0.2, 0.25) is 17.7 Å². The smallest absolute Gasteiger partial charge is 0.328 e. The van der Waals surface area contributed by atoms with Gasteiger partial charge in [0.05, 0.1) is 13.2 Å². The Balaban J connectivity index is 1.42. The third-order valence-electron chi connectivity index (χ3n) is 7.45. The Morgan fingerprint density at radius 1 is 0.923 bits per heavy atom. The van der Waals surface area contributed by atoms with Gasteiger partial charge in [-0.25, -0.2) is 4.79 Å². The van der Waals surface area contributed by atoms with Crippen LogP contribution < -0.4 is 11.1 Å². The molecule has 3 amide bonds. The summed E-state index contributed by atoms with van der Waals surface area (Å²) in [7, 11) is 1.25. The number of benzene rings is 2. The number of carbonyl (C=O) groups is 4. The minimum atomic E-state index is -0.954. The normalized spacial score (nSPS) is 20.4. The summed E-state index contributed by atoms with van der Waals surface area (Å²) in [5.41, 5.74) is 7.93. The van der Waals surface area contributed by atoms with Crippen LogP contribution in [0.5, 0.6) is 5.75 Å². The maximum absolute atomic E-state index is 13.7. The standard InChI is InChI=1S/C29H36N4O6/c1-39-29(38)23(18-20-11-13-21(34)14-12-20)31-26(35)24-9-5-15-32(24)28(37)25-10-6-16-33(25)27(36)22(30)17-19-7-3-2-4-8-19/h2-4,7-8,11-14,22-25,34H,5-6,9-10,15-18,30H2,1H3,(H,31,35)/t22-,23-,24-,25-/m0/s1. The second-order valence-corrected chi connectivity index (χ2v) is 10.1. The Hall–Kier alpha value is -3.92. The highest BCUT2D eigenvalue weighted by Gasteiger charge is 2.43. The number of amides is 3. The van der Waals surface area contributed by atoms with Crippen LogP contribution in [0, 0.1) is 0 Å². The van der Waals surface area contributed by atoms with Crippen LogP contribution in [0.25, 0.3) is 0 Å². The van der Waals surface area contributed by atoms with E-state index in [0.29, 0.717) is 45.2 Å². The topological polar surface area (TPSA) is 142 Å². The van der Waals surface area contributed by atoms with Gasteiger partial charge in [0, 0.05) is 19.5 Å². The first-order valence-corrected chi connectivity index (χ1v) is 13.3. The zero-order valence-corrected chi connectivity index (χ0v) is 22.1. The van der Waals surface area contributed by atoms with Crippen molar-refractivity contribution in [2.45, 2.75) is 62.7 Å². The van der Waals surface area contributed by atoms with Gasteiger partial charge in [0.1, 0.15) is 23.9 Å². The van der Waals surface area contributed by atoms with Crippen molar-refractivity contribution in [3.05, 3.63) is 65.7 Å². The molecule has 4 rings (SSSR count). The van der Waals surface area contributed by atoms with Crippen LogP contribution in [0.2, 0.25) is 0 Å². The average Bonchev–Trinajstić information content (AvgIpc) is 3.64. The van der Waals surface area contributed by atoms with E-state index < -0.39 is 36.0 Å². The van der Waals surface area contributed by atoms with Crippen molar-refractivity contribution in [3.63, 3.8) is 0 Å². The zero-order valence-electron chi connectivity index (χ0n) is 22.1. The highest BCUT2D eigenvalue weighted by atomic mass is 16.5. The molecule has 0 saturated carbocycles. The number of nitrogens with zero attached hydrogens (tertiary/aromatic N) is 2. The molecule has 2 aliphatic heterocycles. The molecule has 2 heterocycles. The van der Waals surface area contributed by atoms with E-state index in [1.807, 2.05) is 30.3 Å². The van der Waals surface area contributed by atoms with Crippen molar-refractivity contribution in [3.8, 4) is 5.75 Å². The van der Waals surface area contributed by atoms with Crippen LogP contribution in [0.1, 0.15) is 36.8 Å². The van der Waals surface area contributed by atoms with Gasteiger partial charge in [-0.05, 0) is 55.4 Å². The van der Waals surface area contributed by atoms with Crippen LogP contribution in [0.4, 0.5) is 0 Å². The first kappa shape index (κ1) is 28.1. The fraction of sp³-hybridized carbons (Fsp3) is 0.448. The molecule has 2 aromatic carbocycles. The quantitative estimate of drug-likeness (QED) is 0.408. The Kier molecular flexibility index (Phi) is 9.19. The van der Waals surface area contributed by atoms with Gasteiger partial charge in [-0.15, -0.1) is 0 Å². The molecule has 0 bridgehead atoms. The third kappa shape index (κ3) is 6.75. The lowest BCUT2D eigenvalue weighted by molar-refractivity contribution is -0.149. The van der Waals surface area contributed by atoms with E-state index in [2.05, 4.69) is 5.32 Å². The summed E-state index contributed by atoms with van der Waals surface area (Å²) in [5.74, 6) is -1.48. The SMILES string of the molecule is COC(=O)[C@H](Cc1ccc(O)cc1)NC(=O)[C@@H]1CCCN1C(=O)[C@@H]1CCCN1C(=O)[C@@H](N)Cc1ccccc1. The Morgan fingerprint density at radius 2 is 1.54 bits per heavy atom. The summed E-state index contributed by atoms with van der Waals surface area (Å²) in [6.07, 6.45) is 2.84. The van der Waals surface area contributed by atoms with Crippen molar-refractivity contribution in [2.75, 3.05) is 20.2 Å². The molecule has 2 aromatic rings. The third-order valence-corrected chi connectivity index (χ3v) is 7.45. The number of rotatable bonds is 9. The summed E-state index contributed by atoms with van der Waals surface area (Å²) >= 11 is 0. The molecular weight excluding hydrogens is 500 g/mol. The van der Waals surface area contributed by atoms with E-state index in [1.54, 1.807) is 17.0 Å². The summed E-state index contributed by atoms with van der Waals surface area (Å²) in [6.45, 7) is 0.839. The number of nitrogens with one attached hydrogen (secondary N) is 1. The number of likely N-dealkylation sites (tertiary alicyclic amines) is 2. The number of methoxy groups -OCH3 is 1. The molecule has 4 N–H and O–H groups in total. The maximum Gasteiger partial charge on any atom is 0.328 e. The van der Waals surface area contributed by atoms with E-state index >= 15 is 0 Å². The van der Waals surface area contributed by atoms with Crippen molar-refractivity contribution in [2.24, 2.45) is 5.73 Å². The number of nitrogens with two attached hydrogens (primary N) is 1. The number of ether oxygens (including phenoxy) is 1. The van der Waals surface area contributed by atoms with Crippen LogP contribution in [-0.2, 0) is 36.8 Å². The molecule has 2 fully saturated rings. The number of hydrogen-bond acceptors (Lipinski definition) is 7. The van der Waals surface area contributed by atoms with E-state index in [-0.39, 0.29) is 24.0 Å². The molecule has 10 nitrogen and oxygen atoms in total. The predicted octanol–water partition coefficient (Wildman–Crippen LogP) is 1.14. The van der Waals surface area contributed by atoms with Gasteiger partial charge < -0.3 is 30.7 Å². The number of esters is 1. The lowest BCUT2D eigenvalue weighted by Gasteiger charge is -2.32. The van der Waals surface area contributed by atoms with E-state index in [9.17, 15) is 24.3 Å². The molecule has 10 heteroatoms. The van der Waals surface area contributed by atoms with Crippen LogP contribution in [0.3, 0.4) is 0 Å². The van der Waals surface area contributed by atoms with Gasteiger partial charge >= 0.3 is 5.97 Å². The van der Waals surface area contributed by atoms with Crippen molar-refractivity contribution in [1.82, 2.24) is 15.1 Å². The van der Waals surface area contributed by atoms with Gasteiger partial charge in [0.15, 0.2) is 0 Å². The Bertz CT molecular complexity index is 1170. The molecule has 39 heavy (non-hydrogen) atoms. The maximum atomic E-state index is 13.7. The largest absolute Gasteiger partial charge is 0.508 e. The predicted molar refractivity (Wildman–Crippen MR) is 143 cm³/mol. The second-order valence-electron chi connectivity index (χ2n) is 10.1. The number of aromatic hydroxyl groups is 1. The van der Waals surface area contributed by atoms with Crippen LogP contribution in [0.15, 0.2) is 54.6 Å². The summed E-state index contributed by atoms with van der Waals surface area (Å²) in [4.78, 5) is 55.7. The zero-order chi connectivity index (χ0) is 27.9. The first-order chi connectivity index (χ1) is 18.8. The molecule has 2 aliphatic rings. The molecule has 0 aromatic heterocycles. The number of phenolic OH excluding ortho intramolecular Hbond substituents is 1. The number of hydrogen-bond donors (Lipinski definition) is 3. The van der Waals surface area contributed by atoms with E-state index in [1.165, 1.54) is 24.1 Å². The monoisotopic (exact) mass is 536 g/mol. The lowest BCUT2D eigenvalue weighted by atomic mass is 10.0. The Morgan fingerprint density at radius 3 is 2.21 bits per heavy atom. The summed E-state index contributed by atoms with van der Waals surface area (Å²) in [5, 5.41) is 12.3. The van der Waals surface area contributed by atoms with Crippen molar-refractivity contribution in [1.29, 1.82) is 0 Å². The van der Waals surface area contributed by atoms with Gasteiger partial charge in [-0.3, -0.25) is 14.4 Å². The number of phenols is 1. The minimum absolute atomic E-state index is 0.0953. The fourth-order valence-electron chi connectivity index (χ4n) is 5.42. The lowest BCUT2D eigenvalue weighted by Crippen LogP contribution is -2.56. The average molecular weight is 537 g/mol. The molecular formula is C29H36N4O6. The molecule has 0 aliphatic carbocycles. The summed E-state index contributed by atoms with van der Waals surface area (Å²) in [6, 6.07) is 12.7. The first-order valence-electron chi connectivity index (χ1n) is 13.3. The van der Waals surface area contributed by atoms with Crippen LogP contribution >= 0.6 is 0 Å². The highest BCUT2D eigenvalue weighted by molar-refractivity contribution is 5.95. The molecule has 0 unspecified atom stereocenters. The van der Waals surface area contributed by atoms with Gasteiger partial charge in [-0.1, -0.05) is 42.5 Å². The number of carbonyl (C=O) groups excluding carboxylic acids is 4. The molecule has 208 valence electrons. The molecule has 0 radical (unpaired) electrons. The fourth-order valence-corrected chi connectivity index (χ4v) is 5.42. The van der Waals surface area contributed by atoms with Gasteiger partial charge in [-0.2, -0.15) is 0 Å². The molecule has 4 atom stereocenters. The second kappa shape index (κ2) is 12.8. The van der Waals surface area contributed by atoms with E-state index in [0.717, 1.165) is 11.1 Å². The van der Waals surface area contributed by atoms with Crippen molar-refractivity contribution < 1.29 is 29.0 Å². The minimum Gasteiger partial charge on any atom is -0.508 e. The van der Waals surface area contributed by atoms with E-state index in [4.69, 9.17) is 10.5 Å².